The fourth-order valence-electron chi connectivity index (χ4n) is 1.81. The van der Waals surface area contributed by atoms with E-state index in [0.29, 0.717) is 4.99 Å². The van der Waals surface area contributed by atoms with E-state index in [0.717, 1.165) is 21.3 Å². The maximum absolute atomic E-state index is 5.76. The monoisotopic (exact) mass is 335 g/mol. The van der Waals surface area contributed by atoms with Crippen molar-refractivity contribution in [3.05, 3.63) is 58.3 Å². The highest BCUT2D eigenvalue weighted by molar-refractivity contribution is 9.10. The highest BCUT2D eigenvalue weighted by Crippen LogP contribution is 2.25. The van der Waals surface area contributed by atoms with Crippen molar-refractivity contribution in [2.24, 2.45) is 5.73 Å². The number of hydrogen-bond donors (Lipinski definition) is 2. The zero-order valence-electron chi connectivity index (χ0n) is 10.4. The molecule has 1 unspecified atom stereocenters. The normalized spacial score (nSPS) is 11.9. The topological polar surface area (TPSA) is 50.9 Å². The second kappa shape index (κ2) is 6.12. The molecule has 0 aliphatic rings. The number of nitrogens with one attached hydrogen (secondary N) is 1. The van der Waals surface area contributed by atoms with Crippen molar-refractivity contribution in [3.8, 4) is 0 Å². The molecule has 1 atom stereocenters. The lowest BCUT2D eigenvalue weighted by Crippen LogP contribution is -2.15. The Morgan fingerprint density at radius 2 is 2.00 bits per heavy atom. The van der Waals surface area contributed by atoms with Crippen LogP contribution in [0.4, 0.5) is 5.69 Å². The summed E-state index contributed by atoms with van der Waals surface area (Å²) in [5.74, 6) is 0. The summed E-state index contributed by atoms with van der Waals surface area (Å²) in [6.45, 7) is 2.08. The molecule has 0 spiro atoms. The molecular weight excluding hydrogens is 322 g/mol. The molecule has 0 aliphatic carbocycles. The van der Waals surface area contributed by atoms with E-state index < -0.39 is 0 Å². The fraction of sp³-hybridized carbons (Fsp3) is 0.143. The Hall–Kier alpha value is -1.46. The van der Waals surface area contributed by atoms with Crippen LogP contribution in [-0.2, 0) is 0 Å². The molecule has 1 heterocycles. The zero-order chi connectivity index (χ0) is 13.8. The molecule has 19 heavy (non-hydrogen) atoms. The molecule has 0 fully saturated rings. The van der Waals surface area contributed by atoms with Crippen molar-refractivity contribution in [1.29, 1.82) is 0 Å². The Kier molecular flexibility index (Phi) is 4.50. The lowest BCUT2D eigenvalue weighted by Gasteiger charge is -2.18. The zero-order valence-corrected chi connectivity index (χ0v) is 12.8. The first-order valence-corrected chi connectivity index (χ1v) is 7.04. The van der Waals surface area contributed by atoms with Gasteiger partial charge in [-0.3, -0.25) is 4.98 Å². The van der Waals surface area contributed by atoms with E-state index >= 15 is 0 Å². The second-order valence-corrected chi connectivity index (χ2v) is 5.56. The van der Waals surface area contributed by atoms with Gasteiger partial charge in [-0.2, -0.15) is 0 Å². The number of hydrogen-bond acceptors (Lipinski definition) is 3. The average Bonchev–Trinajstić information content (AvgIpc) is 2.41. The van der Waals surface area contributed by atoms with Crippen molar-refractivity contribution >= 4 is 38.8 Å². The maximum atomic E-state index is 5.76. The van der Waals surface area contributed by atoms with Crippen LogP contribution in [0, 0.1) is 0 Å². The Balaban J connectivity index is 2.26. The third-order valence-corrected chi connectivity index (χ3v) is 3.54. The molecule has 2 rings (SSSR count). The van der Waals surface area contributed by atoms with Crippen LogP contribution in [0.5, 0.6) is 0 Å². The summed E-state index contributed by atoms with van der Waals surface area (Å²) in [6, 6.07) is 9.97. The third-order valence-electron chi connectivity index (χ3n) is 2.83. The van der Waals surface area contributed by atoms with Gasteiger partial charge in [0, 0.05) is 34.2 Å². The summed E-state index contributed by atoms with van der Waals surface area (Å²) in [4.78, 5) is 4.40. The molecule has 0 saturated heterocycles. The smallest absolute Gasteiger partial charge is 0.106 e. The standard InChI is InChI=1S/C14H14BrN3S/c1-9(10-4-6-17-7-5-10)18-13-3-2-11(15)8-12(13)14(16)19/h2-9,18H,1H3,(H2,16,19). The molecule has 0 aliphatic heterocycles. The predicted molar refractivity (Wildman–Crippen MR) is 86.3 cm³/mol. The lowest BCUT2D eigenvalue weighted by atomic mass is 10.1. The predicted octanol–water partition coefficient (Wildman–Crippen LogP) is 3.65. The van der Waals surface area contributed by atoms with Crippen LogP contribution in [0.25, 0.3) is 0 Å². The second-order valence-electron chi connectivity index (χ2n) is 4.20. The summed E-state index contributed by atoms with van der Waals surface area (Å²) >= 11 is 8.51. The van der Waals surface area contributed by atoms with Gasteiger partial charge in [-0.1, -0.05) is 28.1 Å². The SMILES string of the molecule is CC(Nc1ccc(Br)cc1C(N)=S)c1ccncc1. The van der Waals surface area contributed by atoms with Crippen molar-refractivity contribution in [3.63, 3.8) is 0 Å². The molecule has 98 valence electrons. The first-order valence-electron chi connectivity index (χ1n) is 5.83. The summed E-state index contributed by atoms with van der Waals surface area (Å²) in [5, 5.41) is 3.42. The Labute approximate surface area is 126 Å². The summed E-state index contributed by atoms with van der Waals surface area (Å²) in [7, 11) is 0. The number of thiocarbonyl (C=S) groups is 1. The number of halogens is 1. The van der Waals surface area contributed by atoms with Gasteiger partial charge in [0.25, 0.3) is 0 Å². The van der Waals surface area contributed by atoms with Crippen LogP contribution < -0.4 is 11.1 Å². The van der Waals surface area contributed by atoms with E-state index in [9.17, 15) is 0 Å². The molecular formula is C14H14BrN3S. The highest BCUT2D eigenvalue weighted by atomic mass is 79.9. The molecule has 3 N–H and O–H groups in total. The molecule has 0 bridgehead atoms. The van der Waals surface area contributed by atoms with Crippen molar-refractivity contribution in [2.45, 2.75) is 13.0 Å². The number of nitrogens with zero attached hydrogens (tertiary/aromatic N) is 1. The van der Waals surface area contributed by atoms with Crippen LogP contribution in [0.1, 0.15) is 24.1 Å². The van der Waals surface area contributed by atoms with E-state index in [1.807, 2.05) is 30.3 Å². The minimum atomic E-state index is 0.150. The van der Waals surface area contributed by atoms with Crippen molar-refractivity contribution in [2.75, 3.05) is 5.32 Å². The van der Waals surface area contributed by atoms with Gasteiger partial charge in [0.05, 0.1) is 0 Å². The van der Waals surface area contributed by atoms with Gasteiger partial charge < -0.3 is 11.1 Å². The van der Waals surface area contributed by atoms with Crippen LogP contribution >= 0.6 is 28.1 Å². The van der Waals surface area contributed by atoms with Gasteiger partial charge in [0.2, 0.25) is 0 Å². The summed E-state index contributed by atoms with van der Waals surface area (Å²) in [6.07, 6.45) is 3.56. The van der Waals surface area contributed by atoms with Crippen LogP contribution in [0.15, 0.2) is 47.2 Å². The first-order chi connectivity index (χ1) is 9.08. The molecule has 0 radical (unpaired) electrons. The van der Waals surface area contributed by atoms with Gasteiger partial charge in [0.15, 0.2) is 0 Å². The van der Waals surface area contributed by atoms with E-state index in [-0.39, 0.29) is 6.04 Å². The van der Waals surface area contributed by atoms with E-state index in [4.69, 9.17) is 18.0 Å². The molecule has 1 aromatic carbocycles. The molecule has 1 aromatic heterocycles. The lowest BCUT2D eigenvalue weighted by molar-refractivity contribution is 0.880. The summed E-state index contributed by atoms with van der Waals surface area (Å²) < 4.78 is 0.956. The van der Waals surface area contributed by atoms with Gasteiger partial charge in [-0.25, -0.2) is 0 Å². The Bertz CT molecular complexity index is 586. The fourth-order valence-corrected chi connectivity index (χ4v) is 2.34. The first kappa shape index (κ1) is 14.0. The highest BCUT2D eigenvalue weighted by Gasteiger charge is 2.10. The van der Waals surface area contributed by atoms with Gasteiger partial charge in [-0.05, 0) is 42.8 Å². The molecule has 5 heteroatoms. The largest absolute Gasteiger partial charge is 0.389 e. The van der Waals surface area contributed by atoms with Crippen LogP contribution in [0.2, 0.25) is 0 Å². The minimum absolute atomic E-state index is 0.150. The van der Waals surface area contributed by atoms with Gasteiger partial charge in [-0.15, -0.1) is 0 Å². The van der Waals surface area contributed by atoms with Crippen LogP contribution in [-0.4, -0.2) is 9.97 Å². The van der Waals surface area contributed by atoms with Crippen molar-refractivity contribution in [1.82, 2.24) is 4.98 Å². The van der Waals surface area contributed by atoms with Crippen LogP contribution in [0.3, 0.4) is 0 Å². The number of pyridine rings is 1. The third kappa shape index (κ3) is 3.52. The minimum Gasteiger partial charge on any atom is -0.389 e. The van der Waals surface area contributed by atoms with Crippen molar-refractivity contribution < 1.29 is 0 Å². The number of nitrogens with two attached hydrogens (primary N) is 1. The van der Waals surface area contributed by atoms with E-state index in [2.05, 4.69) is 33.2 Å². The number of anilines is 1. The Morgan fingerprint density at radius 1 is 1.32 bits per heavy atom. The van der Waals surface area contributed by atoms with Gasteiger partial charge in [0.1, 0.15) is 4.99 Å². The summed E-state index contributed by atoms with van der Waals surface area (Å²) in [5.41, 5.74) is 8.69. The molecule has 0 amide bonds. The number of aromatic nitrogens is 1. The maximum Gasteiger partial charge on any atom is 0.106 e. The number of rotatable bonds is 4. The molecule has 0 saturated carbocycles. The van der Waals surface area contributed by atoms with Gasteiger partial charge >= 0.3 is 0 Å². The molecule has 2 aromatic rings. The number of benzene rings is 1. The molecule has 3 nitrogen and oxygen atoms in total. The quantitative estimate of drug-likeness (QED) is 0.837. The van der Waals surface area contributed by atoms with E-state index in [1.54, 1.807) is 12.4 Å². The Morgan fingerprint density at radius 3 is 2.63 bits per heavy atom. The van der Waals surface area contributed by atoms with E-state index in [1.165, 1.54) is 0 Å². The average molecular weight is 336 g/mol.